The minimum absolute atomic E-state index is 0.143. The van der Waals surface area contributed by atoms with Crippen LogP contribution in [-0.2, 0) is 15.6 Å². The summed E-state index contributed by atoms with van der Waals surface area (Å²) >= 11 is 0. The van der Waals surface area contributed by atoms with Gasteiger partial charge in [0.15, 0.2) is 15.7 Å². The van der Waals surface area contributed by atoms with Gasteiger partial charge in [0.25, 0.3) is 0 Å². The summed E-state index contributed by atoms with van der Waals surface area (Å²) in [5.41, 5.74) is 1.00. The maximum atomic E-state index is 12.7. The molecule has 0 amide bonds. The maximum absolute atomic E-state index is 12.7. The number of hydrogen-bond donors (Lipinski definition) is 1. The molecule has 158 valence electrons. The number of β-amino-alcohol motifs (C(OH)–C–C–N with tert-alkyl or cyclic N) is 1. The summed E-state index contributed by atoms with van der Waals surface area (Å²) in [6.45, 7) is 3.43. The van der Waals surface area contributed by atoms with Gasteiger partial charge in [-0.05, 0) is 44.2 Å². The number of aliphatic hydroxyl groups excluding tert-OH is 1. The summed E-state index contributed by atoms with van der Waals surface area (Å²) in [6.07, 6.45) is 6.42. The molecule has 1 aromatic heterocycles. The Kier molecular flexibility index (Phi) is 6.03. The van der Waals surface area contributed by atoms with Crippen LogP contribution in [0.2, 0.25) is 0 Å². The maximum Gasteiger partial charge on any atom is 0.244 e. The van der Waals surface area contributed by atoms with Gasteiger partial charge in [-0.15, -0.1) is 0 Å². The first-order valence-corrected chi connectivity index (χ1v) is 12.1. The fourth-order valence-corrected chi connectivity index (χ4v) is 5.67. The number of sulfone groups is 1. The van der Waals surface area contributed by atoms with E-state index in [-0.39, 0.29) is 22.5 Å². The summed E-state index contributed by atoms with van der Waals surface area (Å²) in [4.78, 5) is 6.87. The van der Waals surface area contributed by atoms with Gasteiger partial charge in [-0.25, -0.2) is 8.42 Å². The number of rotatable bonds is 6. The van der Waals surface area contributed by atoms with Crippen LogP contribution in [0.5, 0.6) is 0 Å². The summed E-state index contributed by atoms with van der Waals surface area (Å²) in [5.74, 6) is 0.921. The molecule has 1 aromatic carbocycles. The molecule has 2 fully saturated rings. The molecule has 0 spiro atoms. The predicted molar refractivity (Wildman–Crippen MR) is 108 cm³/mol. The Morgan fingerprint density at radius 3 is 2.62 bits per heavy atom. The zero-order valence-electron chi connectivity index (χ0n) is 16.8. The highest BCUT2D eigenvalue weighted by molar-refractivity contribution is 7.90. The number of likely N-dealkylation sites (tertiary alicyclic amines) is 1. The summed E-state index contributed by atoms with van der Waals surface area (Å²) < 4.78 is 30.7. The van der Waals surface area contributed by atoms with Crippen LogP contribution in [0.1, 0.15) is 61.8 Å². The lowest BCUT2D eigenvalue weighted by atomic mass is 9.89. The van der Waals surface area contributed by atoms with Crippen molar-refractivity contribution in [3.63, 3.8) is 0 Å². The van der Waals surface area contributed by atoms with E-state index < -0.39 is 15.9 Å². The Morgan fingerprint density at radius 1 is 1.17 bits per heavy atom. The van der Waals surface area contributed by atoms with Crippen molar-refractivity contribution in [3.8, 4) is 0 Å². The third-order valence-electron chi connectivity index (χ3n) is 6.07. The van der Waals surface area contributed by atoms with Gasteiger partial charge >= 0.3 is 0 Å². The molecule has 2 aromatic rings. The van der Waals surface area contributed by atoms with E-state index in [1.54, 1.807) is 24.3 Å². The van der Waals surface area contributed by atoms with Crippen molar-refractivity contribution in [1.29, 1.82) is 0 Å². The van der Waals surface area contributed by atoms with Gasteiger partial charge in [0.1, 0.15) is 5.75 Å². The minimum atomic E-state index is -3.54. The molecule has 1 aliphatic heterocycles. The van der Waals surface area contributed by atoms with Crippen molar-refractivity contribution in [1.82, 2.24) is 15.0 Å². The van der Waals surface area contributed by atoms with Gasteiger partial charge in [-0.2, -0.15) is 4.98 Å². The Bertz CT molecular complexity index is 920. The first kappa shape index (κ1) is 20.5. The van der Waals surface area contributed by atoms with Crippen molar-refractivity contribution >= 4 is 9.84 Å². The molecule has 0 radical (unpaired) electrons. The molecule has 1 saturated heterocycles. The van der Waals surface area contributed by atoms with Crippen LogP contribution < -0.4 is 0 Å². The predicted octanol–water partition coefficient (Wildman–Crippen LogP) is 3.04. The highest BCUT2D eigenvalue weighted by atomic mass is 32.2. The van der Waals surface area contributed by atoms with Crippen LogP contribution in [0.25, 0.3) is 0 Å². The van der Waals surface area contributed by atoms with E-state index >= 15 is 0 Å². The van der Waals surface area contributed by atoms with Crippen LogP contribution in [0.3, 0.4) is 0 Å². The molecular weight excluding hydrogens is 390 g/mol. The molecule has 0 bridgehead atoms. The lowest BCUT2D eigenvalue weighted by Crippen LogP contribution is -2.31. The van der Waals surface area contributed by atoms with Crippen molar-refractivity contribution in [2.24, 2.45) is 5.92 Å². The largest absolute Gasteiger partial charge is 0.392 e. The molecule has 1 N–H and O–H groups in total. The van der Waals surface area contributed by atoms with Crippen LogP contribution in [0.4, 0.5) is 0 Å². The first-order valence-electron chi connectivity index (χ1n) is 10.4. The summed E-state index contributed by atoms with van der Waals surface area (Å²) in [6, 6.07) is 6.61. The second-order valence-electron chi connectivity index (χ2n) is 8.48. The zero-order chi connectivity index (χ0) is 20.4. The lowest BCUT2D eigenvalue weighted by Gasteiger charge is -2.29. The van der Waals surface area contributed by atoms with Gasteiger partial charge in [-0.3, -0.25) is 4.90 Å². The average molecular weight is 420 g/mol. The Hall–Kier alpha value is -1.77. The Morgan fingerprint density at radius 2 is 1.90 bits per heavy atom. The SMILES string of the molecule is Cc1ccc(S(=O)(=O)Cc2noc([C@@H]3C[C@@H](O)CN3CC3CCCCC3)n2)cc1. The number of hydrogen-bond acceptors (Lipinski definition) is 7. The molecule has 8 heteroatoms. The van der Waals surface area contributed by atoms with Gasteiger partial charge in [-0.1, -0.05) is 42.1 Å². The van der Waals surface area contributed by atoms with Crippen LogP contribution in [0, 0.1) is 12.8 Å². The van der Waals surface area contributed by atoms with E-state index in [0.717, 1.165) is 12.1 Å². The van der Waals surface area contributed by atoms with Crippen molar-refractivity contribution in [3.05, 3.63) is 41.5 Å². The van der Waals surface area contributed by atoms with Gasteiger partial charge < -0.3 is 9.63 Å². The van der Waals surface area contributed by atoms with Crippen LogP contribution in [0.15, 0.2) is 33.7 Å². The van der Waals surface area contributed by atoms with E-state index in [4.69, 9.17) is 4.52 Å². The Labute approximate surface area is 172 Å². The normalized spacial score (nSPS) is 24.2. The second kappa shape index (κ2) is 8.53. The standard InChI is InChI=1S/C21H29N3O4S/c1-15-7-9-18(10-8-15)29(26,27)14-20-22-21(28-23-20)19-11-17(25)13-24(19)12-16-5-3-2-4-6-16/h7-10,16-17,19,25H,2-6,11-14H2,1H3/t17-,19+/m1/s1. The van der Waals surface area contributed by atoms with Gasteiger partial charge in [0.05, 0.1) is 17.0 Å². The number of aliphatic hydroxyl groups is 1. The number of nitrogens with zero attached hydrogens (tertiary/aromatic N) is 3. The molecule has 1 saturated carbocycles. The van der Waals surface area contributed by atoms with E-state index in [1.165, 1.54) is 32.1 Å². The van der Waals surface area contributed by atoms with Crippen LogP contribution >= 0.6 is 0 Å². The summed E-state index contributed by atoms with van der Waals surface area (Å²) in [7, 11) is -3.54. The fraction of sp³-hybridized carbons (Fsp3) is 0.619. The van der Waals surface area contributed by atoms with Crippen molar-refractivity contribution in [2.45, 2.75) is 68.2 Å². The molecule has 4 rings (SSSR count). The van der Waals surface area contributed by atoms with E-state index in [0.29, 0.717) is 24.8 Å². The smallest absolute Gasteiger partial charge is 0.244 e. The van der Waals surface area contributed by atoms with E-state index in [9.17, 15) is 13.5 Å². The zero-order valence-corrected chi connectivity index (χ0v) is 17.6. The van der Waals surface area contributed by atoms with Crippen molar-refractivity contribution in [2.75, 3.05) is 13.1 Å². The molecule has 2 aliphatic rings. The third-order valence-corrected chi connectivity index (χ3v) is 7.70. The molecule has 1 aliphatic carbocycles. The molecule has 0 unspecified atom stereocenters. The molecule has 2 atom stereocenters. The van der Waals surface area contributed by atoms with Gasteiger partial charge in [0.2, 0.25) is 5.89 Å². The minimum Gasteiger partial charge on any atom is -0.392 e. The number of aromatic nitrogens is 2. The molecular formula is C21H29N3O4S. The molecule has 7 nitrogen and oxygen atoms in total. The average Bonchev–Trinajstić information content (AvgIpc) is 3.28. The fourth-order valence-electron chi connectivity index (χ4n) is 4.50. The molecule has 2 heterocycles. The first-order chi connectivity index (χ1) is 13.9. The second-order valence-corrected chi connectivity index (χ2v) is 10.5. The van der Waals surface area contributed by atoms with Crippen LogP contribution in [-0.4, -0.2) is 47.8 Å². The summed E-state index contributed by atoms with van der Waals surface area (Å²) in [5, 5.41) is 14.1. The Balaban J connectivity index is 1.46. The van der Waals surface area contributed by atoms with E-state index in [2.05, 4.69) is 15.0 Å². The number of benzene rings is 1. The highest BCUT2D eigenvalue weighted by Gasteiger charge is 2.37. The van der Waals surface area contributed by atoms with Gasteiger partial charge in [0, 0.05) is 13.1 Å². The van der Waals surface area contributed by atoms with Crippen molar-refractivity contribution < 1.29 is 18.0 Å². The number of aryl methyl sites for hydroxylation is 1. The lowest BCUT2D eigenvalue weighted by molar-refractivity contribution is 0.147. The quantitative estimate of drug-likeness (QED) is 0.769. The third kappa shape index (κ3) is 4.87. The molecule has 29 heavy (non-hydrogen) atoms. The highest BCUT2D eigenvalue weighted by Crippen LogP contribution is 2.34. The monoisotopic (exact) mass is 419 g/mol. The topological polar surface area (TPSA) is 96.5 Å². The van der Waals surface area contributed by atoms with E-state index in [1.807, 2.05) is 6.92 Å².